The number of hydrogen-bond acceptors (Lipinski definition) is 5. The predicted octanol–water partition coefficient (Wildman–Crippen LogP) is 2.65. The van der Waals surface area contributed by atoms with Gasteiger partial charge in [-0.15, -0.1) is 0 Å². The molecule has 0 aromatic heterocycles. The molecule has 0 aliphatic carbocycles. The number of rotatable bonds is 3. The van der Waals surface area contributed by atoms with Gasteiger partial charge in [-0.3, -0.25) is 4.79 Å². The number of ether oxygens (including phenoxy) is 2. The van der Waals surface area contributed by atoms with Crippen LogP contribution in [0.1, 0.15) is 15.9 Å². The van der Waals surface area contributed by atoms with Crippen LogP contribution in [-0.2, 0) is 0 Å². The smallest absolute Gasteiger partial charge is 0.275 e. The first-order valence-corrected chi connectivity index (χ1v) is 7.15. The SMILES string of the molecule is O=C(N/N=C/c1cc2c(cc1Br)OCO2)c1ccccc1O. The summed E-state index contributed by atoms with van der Waals surface area (Å²) in [6.45, 7) is 0.187. The Morgan fingerprint density at radius 1 is 1.27 bits per heavy atom. The van der Waals surface area contributed by atoms with E-state index in [4.69, 9.17) is 9.47 Å². The Kier molecular flexibility index (Phi) is 3.97. The second kappa shape index (κ2) is 6.07. The molecule has 0 saturated carbocycles. The number of benzene rings is 2. The molecule has 1 amide bonds. The number of amides is 1. The van der Waals surface area contributed by atoms with Gasteiger partial charge in [0.2, 0.25) is 6.79 Å². The van der Waals surface area contributed by atoms with Crippen molar-refractivity contribution in [3.05, 3.63) is 52.0 Å². The molecule has 3 rings (SSSR count). The Hall–Kier alpha value is -2.54. The summed E-state index contributed by atoms with van der Waals surface area (Å²) in [6.07, 6.45) is 1.48. The molecule has 0 fully saturated rings. The standard InChI is InChI=1S/C15H11BrN2O4/c16-11-6-14-13(21-8-22-14)5-9(11)7-17-18-15(20)10-3-1-2-4-12(10)19/h1-7,19H,8H2,(H,18,20)/b17-7+. The summed E-state index contributed by atoms with van der Waals surface area (Å²) in [5, 5.41) is 13.5. The molecule has 1 heterocycles. The van der Waals surface area contributed by atoms with Crippen LogP contribution in [0.5, 0.6) is 17.2 Å². The Bertz CT molecular complexity index is 761. The molecule has 1 aliphatic rings. The zero-order chi connectivity index (χ0) is 15.5. The van der Waals surface area contributed by atoms with Gasteiger partial charge in [-0.2, -0.15) is 5.10 Å². The van der Waals surface area contributed by atoms with Crippen molar-refractivity contribution in [2.75, 3.05) is 6.79 Å². The molecule has 112 valence electrons. The van der Waals surface area contributed by atoms with E-state index in [0.29, 0.717) is 11.5 Å². The van der Waals surface area contributed by atoms with Crippen molar-refractivity contribution in [3.8, 4) is 17.2 Å². The van der Waals surface area contributed by atoms with E-state index in [-0.39, 0.29) is 18.1 Å². The van der Waals surface area contributed by atoms with Crippen molar-refractivity contribution in [2.45, 2.75) is 0 Å². The van der Waals surface area contributed by atoms with E-state index in [1.807, 2.05) is 0 Å². The van der Waals surface area contributed by atoms with Gasteiger partial charge in [0.1, 0.15) is 5.75 Å². The summed E-state index contributed by atoms with van der Waals surface area (Å²) in [5.41, 5.74) is 3.24. The summed E-state index contributed by atoms with van der Waals surface area (Å²) >= 11 is 3.39. The fraction of sp³-hybridized carbons (Fsp3) is 0.0667. The van der Waals surface area contributed by atoms with Crippen molar-refractivity contribution in [2.24, 2.45) is 5.10 Å². The molecule has 22 heavy (non-hydrogen) atoms. The van der Waals surface area contributed by atoms with Gasteiger partial charge in [-0.05, 0) is 40.2 Å². The fourth-order valence-electron chi connectivity index (χ4n) is 1.92. The van der Waals surface area contributed by atoms with Crippen molar-refractivity contribution < 1.29 is 19.4 Å². The van der Waals surface area contributed by atoms with Crippen LogP contribution in [0.25, 0.3) is 0 Å². The van der Waals surface area contributed by atoms with Gasteiger partial charge in [0.05, 0.1) is 11.8 Å². The van der Waals surface area contributed by atoms with E-state index >= 15 is 0 Å². The highest BCUT2D eigenvalue weighted by Gasteiger charge is 2.15. The van der Waals surface area contributed by atoms with Crippen LogP contribution in [-0.4, -0.2) is 24.0 Å². The number of carbonyl (C=O) groups excluding carboxylic acids is 1. The molecule has 1 aliphatic heterocycles. The Morgan fingerprint density at radius 2 is 2.00 bits per heavy atom. The van der Waals surface area contributed by atoms with Crippen molar-refractivity contribution in [1.82, 2.24) is 5.43 Å². The molecule has 0 spiro atoms. The molecule has 0 bridgehead atoms. The van der Waals surface area contributed by atoms with Crippen molar-refractivity contribution in [3.63, 3.8) is 0 Å². The maximum Gasteiger partial charge on any atom is 0.275 e. The third kappa shape index (κ3) is 2.89. The minimum Gasteiger partial charge on any atom is -0.507 e. The zero-order valence-corrected chi connectivity index (χ0v) is 12.8. The normalized spacial score (nSPS) is 12.6. The van der Waals surface area contributed by atoms with Gasteiger partial charge in [0, 0.05) is 10.0 Å². The van der Waals surface area contributed by atoms with E-state index in [1.54, 1.807) is 24.3 Å². The molecule has 2 aromatic carbocycles. The van der Waals surface area contributed by atoms with E-state index < -0.39 is 5.91 Å². The average Bonchev–Trinajstić information content (AvgIpc) is 2.94. The topological polar surface area (TPSA) is 80.2 Å². The van der Waals surface area contributed by atoms with Crippen LogP contribution in [0.15, 0.2) is 46.0 Å². The summed E-state index contributed by atoms with van der Waals surface area (Å²) in [6, 6.07) is 9.77. The van der Waals surface area contributed by atoms with E-state index in [9.17, 15) is 9.90 Å². The van der Waals surface area contributed by atoms with Gasteiger partial charge in [-0.25, -0.2) is 5.43 Å². The number of para-hydroxylation sites is 1. The van der Waals surface area contributed by atoms with Crippen molar-refractivity contribution >= 4 is 28.1 Å². The molecular weight excluding hydrogens is 352 g/mol. The van der Waals surface area contributed by atoms with E-state index in [2.05, 4.69) is 26.5 Å². The Labute approximate surface area is 134 Å². The number of nitrogens with zero attached hydrogens (tertiary/aromatic N) is 1. The monoisotopic (exact) mass is 362 g/mol. The summed E-state index contributed by atoms with van der Waals surface area (Å²) < 4.78 is 11.3. The lowest BCUT2D eigenvalue weighted by atomic mass is 10.2. The summed E-state index contributed by atoms with van der Waals surface area (Å²) in [4.78, 5) is 11.9. The van der Waals surface area contributed by atoms with E-state index in [1.165, 1.54) is 18.3 Å². The van der Waals surface area contributed by atoms with Crippen LogP contribution < -0.4 is 14.9 Å². The third-order valence-electron chi connectivity index (χ3n) is 3.01. The molecule has 0 saturated heterocycles. The Balaban J connectivity index is 1.73. The van der Waals surface area contributed by atoms with Gasteiger partial charge in [0.15, 0.2) is 11.5 Å². The molecule has 0 unspecified atom stereocenters. The maximum absolute atomic E-state index is 11.9. The predicted molar refractivity (Wildman–Crippen MR) is 83.4 cm³/mol. The average molecular weight is 363 g/mol. The number of aromatic hydroxyl groups is 1. The number of carbonyl (C=O) groups is 1. The molecule has 2 N–H and O–H groups in total. The lowest BCUT2D eigenvalue weighted by Crippen LogP contribution is -2.17. The Morgan fingerprint density at radius 3 is 2.77 bits per heavy atom. The molecule has 0 radical (unpaired) electrons. The van der Waals surface area contributed by atoms with Crippen LogP contribution in [0, 0.1) is 0 Å². The molecule has 6 nitrogen and oxygen atoms in total. The van der Waals surface area contributed by atoms with E-state index in [0.717, 1.165) is 10.0 Å². The maximum atomic E-state index is 11.9. The summed E-state index contributed by atoms with van der Waals surface area (Å²) in [5.74, 6) is 0.685. The largest absolute Gasteiger partial charge is 0.507 e. The van der Waals surface area contributed by atoms with Gasteiger partial charge in [-0.1, -0.05) is 12.1 Å². The first kappa shape index (κ1) is 14.4. The second-order valence-electron chi connectivity index (χ2n) is 4.44. The number of fused-ring (bicyclic) bond motifs is 1. The van der Waals surface area contributed by atoms with Crippen LogP contribution in [0.2, 0.25) is 0 Å². The minimum absolute atomic E-state index is 0.0977. The lowest BCUT2D eigenvalue weighted by molar-refractivity contribution is 0.0952. The van der Waals surface area contributed by atoms with Gasteiger partial charge in [0.25, 0.3) is 5.91 Å². The molecule has 0 atom stereocenters. The van der Waals surface area contributed by atoms with Crippen LogP contribution in [0.3, 0.4) is 0 Å². The van der Waals surface area contributed by atoms with Gasteiger partial charge < -0.3 is 14.6 Å². The van der Waals surface area contributed by atoms with Crippen LogP contribution >= 0.6 is 15.9 Å². The highest BCUT2D eigenvalue weighted by molar-refractivity contribution is 9.10. The van der Waals surface area contributed by atoms with Crippen LogP contribution in [0.4, 0.5) is 0 Å². The highest BCUT2D eigenvalue weighted by atomic mass is 79.9. The quantitative estimate of drug-likeness (QED) is 0.649. The number of hydrazone groups is 1. The number of phenols is 1. The first-order chi connectivity index (χ1) is 10.6. The number of halogens is 1. The first-order valence-electron chi connectivity index (χ1n) is 6.35. The fourth-order valence-corrected chi connectivity index (χ4v) is 2.34. The number of hydrogen-bond donors (Lipinski definition) is 2. The second-order valence-corrected chi connectivity index (χ2v) is 5.30. The molecular formula is C15H11BrN2O4. The zero-order valence-electron chi connectivity index (χ0n) is 11.2. The lowest BCUT2D eigenvalue weighted by Gasteiger charge is -2.03. The van der Waals surface area contributed by atoms with Crippen molar-refractivity contribution in [1.29, 1.82) is 0 Å². The highest BCUT2D eigenvalue weighted by Crippen LogP contribution is 2.36. The molecule has 7 heteroatoms. The van der Waals surface area contributed by atoms with Gasteiger partial charge >= 0.3 is 0 Å². The summed E-state index contributed by atoms with van der Waals surface area (Å²) in [7, 11) is 0. The minimum atomic E-state index is -0.494. The molecule has 2 aromatic rings. The number of phenolic OH excluding ortho intramolecular Hbond substituents is 1. The number of nitrogens with one attached hydrogen (secondary N) is 1. The third-order valence-corrected chi connectivity index (χ3v) is 3.70.